The Balaban J connectivity index is 1.00. The zero-order chi connectivity index (χ0) is 49.1. The molecule has 2 amide bonds. The number of aryl methyl sites for hydroxylation is 5. The summed E-state index contributed by atoms with van der Waals surface area (Å²) >= 11 is 2.72. The molecule has 70 heavy (non-hydrogen) atoms. The summed E-state index contributed by atoms with van der Waals surface area (Å²) in [6.45, 7) is 19.2. The van der Waals surface area contributed by atoms with Crippen molar-refractivity contribution in [1.82, 2.24) is 53.9 Å². The lowest BCUT2D eigenvalue weighted by Crippen LogP contribution is -2.35. The molecule has 2 aromatic carbocycles. The number of carbonyl (C=O) groups is 3. The van der Waals surface area contributed by atoms with Crippen molar-refractivity contribution >= 4 is 73.7 Å². The van der Waals surface area contributed by atoms with Gasteiger partial charge < -0.3 is 39.7 Å². The number of thiazole rings is 2. The van der Waals surface area contributed by atoms with Gasteiger partial charge in [0.15, 0.2) is 4.80 Å². The number of nitrogens with one attached hydrogen (secondary N) is 2. The van der Waals surface area contributed by atoms with E-state index in [1.54, 1.807) is 19.2 Å². The Bertz CT molecular complexity index is 3210. The van der Waals surface area contributed by atoms with Crippen molar-refractivity contribution in [3.05, 3.63) is 109 Å². The lowest BCUT2D eigenvalue weighted by atomic mass is 9.95. The monoisotopic (exact) mass is 984 g/mol. The van der Waals surface area contributed by atoms with Gasteiger partial charge in [0, 0.05) is 49.8 Å². The molecule has 0 radical (unpaired) electrons. The highest BCUT2D eigenvalue weighted by atomic mass is 32.1. The number of aromatic nitrogens is 9. The SMILES string of the molecule is C=C(Nc1nc2cc(C=O)cc(OC)c2n1C/C=C/Cn1c(=NC(=O)c2sc(C)nc2CC)sc2cc(C(N)=O)cc(CCCCN3CCC(c4nnc5n4CCNC5)CC3)c21)c1cc(C)nn1CC. The topological polar surface area (TPSA) is 210 Å². The Morgan fingerprint density at radius 3 is 2.54 bits per heavy atom. The predicted octanol–water partition coefficient (Wildman–Crippen LogP) is 6.80. The van der Waals surface area contributed by atoms with Crippen LogP contribution in [0.1, 0.15) is 115 Å². The van der Waals surface area contributed by atoms with E-state index in [4.69, 9.17) is 20.4 Å². The standard InChI is InChI=1S/C50H60N14O4S2/c1-7-37-45(69-32(5)54-37)48(67)56-50-63(19-12-11-18-62-44-38(24-33(29-65)25-40(44)68-6)55-49(62)53-31(4)39-23-30(3)59-64(39)8-2)43-35(26-36(46(51)66)27-41(43)70-50)13-9-10-17-60-20-14-34(15-21-60)47-58-57-42-28-52-16-22-61(42)47/h11-12,23-27,29,34,52H,4,7-10,13-22,28H2,1-3,5-6H3,(H2,51,66)(H,53,55)/b12-11+,56-50?. The number of primary amides is 1. The maximum atomic E-state index is 14.0. The van der Waals surface area contributed by atoms with Crippen molar-refractivity contribution in [1.29, 1.82) is 0 Å². The van der Waals surface area contributed by atoms with Gasteiger partial charge >= 0.3 is 0 Å². The smallest absolute Gasteiger partial charge is 0.291 e. The summed E-state index contributed by atoms with van der Waals surface area (Å²) in [5, 5.41) is 21.3. The number of hydrogen-bond donors (Lipinski definition) is 3. The molecule has 2 aliphatic heterocycles. The highest BCUT2D eigenvalue weighted by molar-refractivity contribution is 7.16. The summed E-state index contributed by atoms with van der Waals surface area (Å²) in [5.41, 5.74) is 13.0. The van der Waals surface area contributed by atoms with Gasteiger partial charge in [0.25, 0.3) is 5.91 Å². The third-order valence-corrected chi connectivity index (χ3v) is 15.2. The Morgan fingerprint density at radius 1 is 1.00 bits per heavy atom. The van der Waals surface area contributed by atoms with E-state index in [2.05, 4.69) is 51.5 Å². The quantitative estimate of drug-likeness (QED) is 0.0434. The van der Waals surface area contributed by atoms with Crippen molar-refractivity contribution in [3.63, 3.8) is 0 Å². The average Bonchev–Trinajstić information content (AvgIpc) is 4.20. The van der Waals surface area contributed by atoms with Crippen LogP contribution >= 0.6 is 22.7 Å². The van der Waals surface area contributed by atoms with Crippen LogP contribution in [0.2, 0.25) is 0 Å². The van der Waals surface area contributed by atoms with Gasteiger partial charge in [-0.05, 0) is 115 Å². The second-order valence-corrected chi connectivity index (χ2v) is 20.0. The third kappa shape index (κ3) is 10.0. The molecule has 20 heteroatoms. The van der Waals surface area contributed by atoms with Crippen LogP contribution in [-0.4, -0.2) is 99.9 Å². The Hall–Kier alpha value is -6.61. The number of imidazole rings is 1. The van der Waals surface area contributed by atoms with Gasteiger partial charge in [-0.1, -0.05) is 37.0 Å². The number of rotatable bonds is 19. The molecule has 4 N–H and O–H groups in total. The molecule has 0 atom stereocenters. The van der Waals surface area contributed by atoms with Gasteiger partial charge in [-0.3, -0.25) is 19.1 Å². The molecule has 18 nitrogen and oxygen atoms in total. The number of likely N-dealkylation sites (tertiary alicyclic amines) is 1. The maximum Gasteiger partial charge on any atom is 0.291 e. The van der Waals surface area contributed by atoms with Gasteiger partial charge in [-0.15, -0.1) is 21.5 Å². The first-order valence-corrected chi connectivity index (χ1v) is 25.7. The first-order valence-electron chi connectivity index (χ1n) is 24.0. The van der Waals surface area contributed by atoms with E-state index >= 15 is 0 Å². The fourth-order valence-electron chi connectivity index (χ4n) is 9.72. The fourth-order valence-corrected chi connectivity index (χ4v) is 11.7. The summed E-state index contributed by atoms with van der Waals surface area (Å²) < 4.78 is 14.9. The van der Waals surface area contributed by atoms with E-state index in [0.29, 0.717) is 87.6 Å². The number of aldehydes is 1. The van der Waals surface area contributed by atoms with Crippen molar-refractivity contribution in [2.45, 2.75) is 105 Å². The van der Waals surface area contributed by atoms with E-state index < -0.39 is 5.91 Å². The summed E-state index contributed by atoms with van der Waals surface area (Å²) in [6, 6.07) is 9.12. The molecular formula is C50H60N14O4S2. The van der Waals surface area contributed by atoms with Crippen LogP contribution < -0.4 is 25.9 Å². The zero-order valence-corrected chi connectivity index (χ0v) is 42.1. The molecule has 2 aliphatic rings. The molecule has 0 unspecified atom stereocenters. The summed E-state index contributed by atoms with van der Waals surface area (Å²) in [6.07, 6.45) is 10.1. The van der Waals surface area contributed by atoms with Crippen molar-refractivity contribution in [3.8, 4) is 5.75 Å². The molecule has 1 saturated heterocycles. The molecule has 7 aromatic rings. The molecule has 7 heterocycles. The van der Waals surface area contributed by atoms with Crippen LogP contribution in [0, 0.1) is 13.8 Å². The first-order chi connectivity index (χ1) is 34.0. The molecule has 366 valence electrons. The highest BCUT2D eigenvalue weighted by Crippen LogP contribution is 2.33. The zero-order valence-electron chi connectivity index (χ0n) is 40.5. The van der Waals surface area contributed by atoms with E-state index in [9.17, 15) is 14.4 Å². The number of allylic oxidation sites excluding steroid dienone is 2. The van der Waals surface area contributed by atoms with Crippen molar-refractivity contribution in [2.75, 3.05) is 38.6 Å². The lowest BCUT2D eigenvalue weighted by molar-refractivity contribution is 0.0992. The average molecular weight is 985 g/mol. The molecule has 0 saturated carbocycles. The Kier molecular flexibility index (Phi) is 14.6. The number of benzene rings is 2. The van der Waals surface area contributed by atoms with Crippen LogP contribution in [0.25, 0.3) is 26.9 Å². The van der Waals surface area contributed by atoms with E-state index in [0.717, 1.165) is 121 Å². The number of anilines is 1. The Morgan fingerprint density at radius 2 is 1.80 bits per heavy atom. The Labute approximate surface area is 414 Å². The second-order valence-electron chi connectivity index (χ2n) is 17.8. The van der Waals surface area contributed by atoms with Gasteiger partial charge in [0.2, 0.25) is 11.9 Å². The van der Waals surface area contributed by atoms with Crippen molar-refractivity contribution < 1.29 is 19.1 Å². The molecular weight excluding hydrogens is 925 g/mol. The third-order valence-electron chi connectivity index (χ3n) is 13.1. The molecule has 9 rings (SSSR count). The number of methoxy groups -OCH3 is 1. The number of fused-ring (bicyclic) bond motifs is 3. The minimum absolute atomic E-state index is 0.352. The minimum atomic E-state index is -0.511. The molecule has 1 fully saturated rings. The van der Waals surface area contributed by atoms with Gasteiger partial charge in [0.05, 0.1) is 57.2 Å². The van der Waals surface area contributed by atoms with Crippen molar-refractivity contribution in [2.24, 2.45) is 10.7 Å². The molecule has 0 aliphatic carbocycles. The number of nitrogens with zero attached hydrogens (tertiary/aromatic N) is 11. The van der Waals surface area contributed by atoms with Gasteiger partial charge in [-0.25, -0.2) is 9.97 Å². The first kappa shape index (κ1) is 48.4. The number of ether oxygens (including phenoxy) is 1. The summed E-state index contributed by atoms with van der Waals surface area (Å²) in [7, 11) is 1.57. The number of unbranched alkanes of at least 4 members (excludes halogenated alkanes) is 1. The normalized spacial score (nSPS) is 14.8. The van der Waals surface area contributed by atoms with E-state index in [1.165, 1.54) is 22.7 Å². The number of piperidine rings is 1. The summed E-state index contributed by atoms with van der Waals surface area (Å²) in [4.78, 5) is 56.7. The predicted molar refractivity (Wildman–Crippen MR) is 274 cm³/mol. The van der Waals surface area contributed by atoms with E-state index in [-0.39, 0.29) is 5.91 Å². The summed E-state index contributed by atoms with van der Waals surface area (Å²) in [5.74, 6) is 2.73. The van der Waals surface area contributed by atoms with Gasteiger partial charge in [0.1, 0.15) is 34.1 Å². The molecule has 0 spiro atoms. The minimum Gasteiger partial charge on any atom is -0.494 e. The largest absolute Gasteiger partial charge is 0.494 e. The van der Waals surface area contributed by atoms with Crippen LogP contribution in [0.4, 0.5) is 5.95 Å². The number of hydrogen-bond acceptors (Lipinski definition) is 14. The van der Waals surface area contributed by atoms with Crippen LogP contribution in [0.15, 0.2) is 54.1 Å². The lowest BCUT2D eigenvalue weighted by Gasteiger charge is -2.32. The van der Waals surface area contributed by atoms with Crippen LogP contribution in [-0.2, 0) is 45.6 Å². The van der Waals surface area contributed by atoms with Crippen LogP contribution in [0.3, 0.4) is 0 Å². The number of carbonyl (C=O) groups excluding carboxylic acids is 3. The number of nitrogens with two attached hydrogens (primary N) is 1. The van der Waals surface area contributed by atoms with Crippen LogP contribution in [0.5, 0.6) is 5.75 Å². The highest BCUT2D eigenvalue weighted by Gasteiger charge is 2.27. The number of amides is 2. The molecule has 0 bridgehead atoms. The van der Waals surface area contributed by atoms with E-state index in [1.807, 2.05) is 67.3 Å². The second kappa shape index (κ2) is 21.2. The molecule has 5 aromatic heterocycles. The maximum absolute atomic E-state index is 14.0. The fraction of sp³-hybridized carbons (Fsp3) is 0.420. The van der Waals surface area contributed by atoms with Gasteiger partial charge in [-0.2, -0.15) is 10.1 Å².